The number of rotatable bonds is 2. The highest BCUT2D eigenvalue weighted by Crippen LogP contribution is 2.33. The minimum absolute atomic E-state index is 0.0117. The van der Waals surface area contributed by atoms with Crippen molar-refractivity contribution in [2.24, 2.45) is 0 Å². The summed E-state index contributed by atoms with van der Waals surface area (Å²) in [7, 11) is 0. The topological polar surface area (TPSA) is 70.5 Å². The van der Waals surface area contributed by atoms with E-state index >= 15 is 0 Å². The number of benzene rings is 1. The van der Waals surface area contributed by atoms with Crippen LogP contribution < -0.4 is 5.43 Å². The third-order valence-electron chi connectivity index (χ3n) is 4.73. The summed E-state index contributed by atoms with van der Waals surface area (Å²) in [6, 6.07) is 9.22. The summed E-state index contributed by atoms with van der Waals surface area (Å²) < 4.78 is 6.91. The molecule has 0 spiro atoms. The van der Waals surface area contributed by atoms with E-state index in [-0.39, 0.29) is 5.43 Å². The zero-order valence-corrected chi connectivity index (χ0v) is 16.1. The molecule has 7 nitrogen and oxygen atoms in total. The maximum atomic E-state index is 11.3. The van der Waals surface area contributed by atoms with Crippen LogP contribution >= 0.6 is 15.9 Å². The van der Waals surface area contributed by atoms with Crippen molar-refractivity contribution in [1.29, 1.82) is 0 Å². The van der Waals surface area contributed by atoms with E-state index in [9.17, 15) is 4.79 Å². The molecule has 4 heterocycles. The van der Waals surface area contributed by atoms with Crippen LogP contribution in [0.2, 0.25) is 0 Å². The van der Waals surface area contributed by atoms with Gasteiger partial charge in [-0.2, -0.15) is 5.10 Å². The number of pyridine rings is 1. The van der Waals surface area contributed by atoms with Crippen LogP contribution in [-0.4, -0.2) is 28.9 Å². The van der Waals surface area contributed by atoms with Gasteiger partial charge in [-0.25, -0.2) is 14.6 Å². The average molecular weight is 423 g/mol. The van der Waals surface area contributed by atoms with E-state index in [0.29, 0.717) is 18.9 Å². The van der Waals surface area contributed by atoms with Gasteiger partial charge in [-0.1, -0.05) is 15.9 Å². The van der Waals surface area contributed by atoms with Gasteiger partial charge in [-0.05, 0) is 25.1 Å². The first-order valence-corrected chi connectivity index (χ1v) is 9.31. The Morgan fingerprint density at radius 3 is 2.81 bits per heavy atom. The molecule has 4 aromatic rings. The highest BCUT2D eigenvalue weighted by atomic mass is 79.9. The Hall–Kier alpha value is -3.00. The van der Waals surface area contributed by atoms with Crippen LogP contribution in [0.5, 0.6) is 0 Å². The Balaban J connectivity index is 1.65. The molecule has 1 aliphatic heterocycles. The molecule has 0 aliphatic carbocycles. The molecule has 0 amide bonds. The third-order valence-corrected chi connectivity index (χ3v) is 5.23. The Kier molecular flexibility index (Phi) is 3.61. The molecule has 8 heteroatoms. The monoisotopic (exact) mass is 422 g/mol. The molecule has 3 aromatic heterocycles. The summed E-state index contributed by atoms with van der Waals surface area (Å²) in [5.74, 6) is 1.52. The van der Waals surface area contributed by atoms with Crippen molar-refractivity contribution in [2.45, 2.75) is 20.0 Å². The SMILES string of the molecule is Cc1ncn2c1Cn1nc(Cn3ccc(=O)cc3)nc1-c1cc(Br)ccc1-2. The lowest BCUT2D eigenvalue weighted by molar-refractivity contribution is 0.646. The summed E-state index contributed by atoms with van der Waals surface area (Å²) in [5, 5.41) is 4.73. The van der Waals surface area contributed by atoms with Crippen molar-refractivity contribution in [3.8, 4) is 17.1 Å². The van der Waals surface area contributed by atoms with E-state index in [0.717, 1.165) is 32.9 Å². The normalized spacial score (nSPS) is 12.2. The number of hydrogen-bond donors (Lipinski definition) is 0. The second-order valence-electron chi connectivity index (χ2n) is 6.52. The van der Waals surface area contributed by atoms with Gasteiger partial charge < -0.3 is 9.13 Å². The number of halogens is 1. The zero-order valence-electron chi connectivity index (χ0n) is 14.5. The smallest absolute Gasteiger partial charge is 0.181 e. The van der Waals surface area contributed by atoms with Crippen LogP contribution in [0.3, 0.4) is 0 Å². The van der Waals surface area contributed by atoms with Crippen molar-refractivity contribution in [3.05, 3.63) is 81.0 Å². The molecule has 0 unspecified atom stereocenters. The molecule has 1 aromatic carbocycles. The molecule has 0 saturated heterocycles. The lowest BCUT2D eigenvalue weighted by Crippen LogP contribution is -2.08. The van der Waals surface area contributed by atoms with Gasteiger partial charge in [0.15, 0.2) is 17.1 Å². The second kappa shape index (κ2) is 6.02. The van der Waals surface area contributed by atoms with E-state index in [1.165, 1.54) is 12.1 Å². The van der Waals surface area contributed by atoms with Gasteiger partial charge in [-0.3, -0.25) is 4.79 Å². The third kappa shape index (κ3) is 2.73. The van der Waals surface area contributed by atoms with Crippen molar-refractivity contribution < 1.29 is 0 Å². The Bertz CT molecular complexity index is 1210. The maximum absolute atomic E-state index is 11.3. The highest BCUT2D eigenvalue weighted by Gasteiger charge is 2.24. The maximum Gasteiger partial charge on any atom is 0.181 e. The van der Waals surface area contributed by atoms with E-state index < -0.39 is 0 Å². The van der Waals surface area contributed by atoms with Crippen LogP contribution in [0.1, 0.15) is 17.2 Å². The lowest BCUT2D eigenvalue weighted by Gasteiger charge is -2.09. The Morgan fingerprint density at radius 1 is 1.19 bits per heavy atom. The summed E-state index contributed by atoms with van der Waals surface area (Å²) in [5.41, 5.74) is 4.10. The molecule has 0 bridgehead atoms. The molecule has 0 saturated carbocycles. The van der Waals surface area contributed by atoms with E-state index in [2.05, 4.69) is 37.6 Å². The number of aryl methyl sites for hydroxylation is 1. The molecule has 0 fully saturated rings. The van der Waals surface area contributed by atoms with Crippen LogP contribution in [0.4, 0.5) is 0 Å². The number of fused-ring (bicyclic) bond motifs is 5. The van der Waals surface area contributed by atoms with Crippen molar-refractivity contribution in [2.75, 3.05) is 0 Å². The molecule has 0 N–H and O–H groups in total. The molecule has 1 aliphatic rings. The van der Waals surface area contributed by atoms with Gasteiger partial charge in [0.2, 0.25) is 0 Å². The fourth-order valence-corrected chi connectivity index (χ4v) is 3.74. The highest BCUT2D eigenvalue weighted by molar-refractivity contribution is 9.10. The van der Waals surface area contributed by atoms with Crippen LogP contribution in [0.15, 0.2) is 58.3 Å². The Morgan fingerprint density at radius 2 is 2.00 bits per heavy atom. The van der Waals surface area contributed by atoms with Crippen LogP contribution in [0, 0.1) is 6.92 Å². The standard InChI is InChI=1S/C19H15BrN6O/c1-12-17-9-26-19(15-8-13(20)2-3-16(15)25(17)11-21-12)22-18(23-26)10-24-6-4-14(27)5-7-24/h2-8,11H,9-10H2,1H3. The molecule has 5 rings (SSSR count). The van der Waals surface area contributed by atoms with Gasteiger partial charge in [0.25, 0.3) is 0 Å². The van der Waals surface area contributed by atoms with Crippen molar-refractivity contribution >= 4 is 15.9 Å². The molecular weight excluding hydrogens is 408 g/mol. The van der Waals surface area contributed by atoms with Gasteiger partial charge in [0, 0.05) is 34.6 Å². The van der Waals surface area contributed by atoms with Gasteiger partial charge in [0.1, 0.15) is 0 Å². The van der Waals surface area contributed by atoms with Gasteiger partial charge in [-0.15, -0.1) is 0 Å². The second-order valence-corrected chi connectivity index (χ2v) is 7.44. The fourth-order valence-electron chi connectivity index (χ4n) is 3.38. The van der Waals surface area contributed by atoms with E-state index in [1.54, 1.807) is 12.4 Å². The predicted molar refractivity (Wildman–Crippen MR) is 104 cm³/mol. The predicted octanol–water partition coefficient (Wildman–Crippen LogP) is 2.77. The van der Waals surface area contributed by atoms with E-state index in [1.807, 2.05) is 28.6 Å². The fraction of sp³-hybridized carbons (Fsp3) is 0.158. The lowest BCUT2D eigenvalue weighted by atomic mass is 10.1. The average Bonchev–Trinajstić information content (AvgIpc) is 3.18. The molecule has 134 valence electrons. The Labute approximate surface area is 163 Å². The first-order chi connectivity index (χ1) is 13.1. The quantitative estimate of drug-likeness (QED) is 0.438. The number of hydrogen-bond acceptors (Lipinski definition) is 4. The molecule has 27 heavy (non-hydrogen) atoms. The molecule has 0 radical (unpaired) electrons. The minimum Gasteiger partial charge on any atom is -0.346 e. The summed E-state index contributed by atoms with van der Waals surface area (Å²) >= 11 is 3.56. The molecular formula is C19H15BrN6O. The van der Waals surface area contributed by atoms with Gasteiger partial charge in [0.05, 0.1) is 36.5 Å². The number of nitrogens with zero attached hydrogens (tertiary/aromatic N) is 6. The zero-order chi connectivity index (χ0) is 18.5. The van der Waals surface area contributed by atoms with Crippen molar-refractivity contribution in [3.63, 3.8) is 0 Å². The number of imidazole rings is 1. The number of aromatic nitrogens is 6. The van der Waals surface area contributed by atoms with Crippen LogP contribution in [0.25, 0.3) is 17.1 Å². The van der Waals surface area contributed by atoms with Gasteiger partial charge >= 0.3 is 0 Å². The van der Waals surface area contributed by atoms with Crippen LogP contribution in [-0.2, 0) is 13.1 Å². The summed E-state index contributed by atoms with van der Waals surface area (Å²) in [6.45, 7) is 3.11. The van der Waals surface area contributed by atoms with E-state index in [4.69, 9.17) is 10.1 Å². The summed E-state index contributed by atoms with van der Waals surface area (Å²) in [6.07, 6.45) is 5.35. The largest absolute Gasteiger partial charge is 0.346 e. The minimum atomic E-state index is -0.0117. The van der Waals surface area contributed by atoms with Crippen molar-refractivity contribution in [1.82, 2.24) is 28.9 Å². The first kappa shape index (κ1) is 16.2. The summed E-state index contributed by atoms with van der Waals surface area (Å²) in [4.78, 5) is 20.6. The molecule has 0 atom stereocenters. The first-order valence-electron chi connectivity index (χ1n) is 8.51.